The van der Waals surface area contributed by atoms with Crippen LogP contribution in [0.2, 0.25) is 0 Å². The molecule has 1 amide bonds. The Morgan fingerprint density at radius 2 is 2.27 bits per heavy atom. The highest BCUT2D eigenvalue weighted by atomic mass is 127. The highest BCUT2D eigenvalue weighted by molar-refractivity contribution is 14.0. The van der Waals surface area contributed by atoms with Gasteiger partial charge in [-0.15, -0.1) is 24.0 Å². The Morgan fingerprint density at radius 3 is 2.91 bits per heavy atom. The Morgan fingerprint density at radius 1 is 1.45 bits per heavy atom. The summed E-state index contributed by atoms with van der Waals surface area (Å²) in [6.45, 7) is 1.31. The van der Waals surface area contributed by atoms with Crippen molar-refractivity contribution in [3.8, 4) is 0 Å². The topological polar surface area (TPSA) is 74.8 Å². The number of halogens is 1. The molecule has 1 unspecified atom stereocenters. The minimum absolute atomic E-state index is 0. The summed E-state index contributed by atoms with van der Waals surface area (Å²) in [4.78, 5) is 16.1. The normalized spacial score (nSPS) is 17.5. The summed E-state index contributed by atoms with van der Waals surface area (Å²) < 4.78 is 5.38. The molecule has 3 N–H and O–H groups in total. The molecular formula is C15H23IN4O2. The van der Waals surface area contributed by atoms with Crippen molar-refractivity contribution in [1.29, 1.82) is 0 Å². The summed E-state index contributed by atoms with van der Waals surface area (Å²) >= 11 is 0. The maximum atomic E-state index is 12.0. The number of nitrogens with one attached hydrogen (secondary N) is 3. The smallest absolute Gasteiger partial charge is 0.253 e. The molecule has 1 fully saturated rings. The Balaban J connectivity index is 0.00000242. The third-order valence-corrected chi connectivity index (χ3v) is 3.34. The van der Waals surface area contributed by atoms with E-state index in [0.29, 0.717) is 13.2 Å². The van der Waals surface area contributed by atoms with Crippen molar-refractivity contribution in [1.82, 2.24) is 10.6 Å². The van der Waals surface area contributed by atoms with Gasteiger partial charge in [0.25, 0.3) is 5.91 Å². The molecule has 0 spiro atoms. The van der Waals surface area contributed by atoms with E-state index in [1.54, 1.807) is 7.05 Å². The Hall–Kier alpha value is -1.35. The molecule has 0 bridgehead atoms. The second-order valence-corrected chi connectivity index (χ2v) is 4.87. The second-order valence-electron chi connectivity index (χ2n) is 4.87. The molecule has 0 radical (unpaired) electrons. The lowest BCUT2D eigenvalue weighted by molar-refractivity contribution is -0.124. The molecule has 1 atom stereocenters. The summed E-state index contributed by atoms with van der Waals surface area (Å²) in [6.07, 6.45) is 1.44. The molecule has 1 aromatic rings. The molecule has 1 aliphatic heterocycles. The molecule has 1 aromatic carbocycles. The Kier molecular flexibility index (Phi) is 8.18. The summed E-state index contributed by atoms with van der Waals surface area (Å²) in [5, 5.41) is 9.03. The van der Waals surface area contributed by atoms with E-state index in [4.69, 9.17) is 4.74 Å². The van der Waals surface area contributed by atoms with E-state index in [9.17, 15) is 4.79 Å². The van der Waals surface area contributed by atoms with Crippen LogP contribution in [0.1, 0.15) is 18.4 Å². The van der Waals surface area contributed by atoms with Gasteiger partial charge < -0.3 is 20.7 Å². The summed E-state index contributed by atoms with van der Waals surface area (Å²) in [7, 11) is 3.53. The molecule has 0 aromatic heterocycles. The van der Waals surface area contributed by atoms with Crippen molar-refractivity contribution >= 4 is 41.5 Å². The van der Waals surface area contributed by atoms with E-state index >= 15 is 0 Å². The molecule has 1 heterocycles. The average molecular weight is 418 g/mol. The monoisotopic (exact) mass is 418 g/mol. The van der Waals surface area contributed by atoms with Crippen LogP contribution in [-0.2, 0) is 16.1 Å². The number of ether oxygens (including phenoxy) is 1. The average Bonchev–Trinajstić information content (AvgIpc) is 3.03. The molecule has 1 saturated heterocycles. The first-order chi connectivity index (χ1) is 10.2. The van der Waals surface area contributed by atoms with Crippen LogP contribution in [-0.4, -0.2) is 38.7 Å². The number of aliphatic imine (C=N–C) groups is 1. The largest absolute Gasteiger partial charge is 0.368 e. The van der Waals surface area contributed by atoms with Gasteiger partial charge in [-0.1, -0.05) is 12.1 Å². The molecule has 122 valence electrons. The molecular weight excluding hydrogens is 395 g/mol. The summed E-state index contributed by atoms with van der Waals surface area (Å²) in [5.74, 6) is 0.660. The van der Waals surface area contributed by atoms with Crippen molar-refractivity contribution in [2.24, 2.45) is 4.99 Å². The molecule has 7 heteroatoms. The maximum Gasteiger partial charge on any atom is 0.253 e. The number of benzene rings is 1. The fraction of sp³-hybridized carbons (Fsp3) is 0.467. The van der Waals surface area contributed by atoms with Crippen LogP contribution in [0.15, 0.2) is 29.3 Å². The highest BCUT2D eigenvalue weighted by Gasteiger charge is 2.23. The molecule has 2 rings (SSSR count). The van der Waals surface area contributed by atoms with E-state index in [-0.39, 0.29) is 36.0 Å². The maximum absolute atomic E-state index is 12.0. The lowest BCUT2D eigenvalue weighted by atomic mass is 10.2. The van der Waals surface area contributed by atoms with Gasteiger partial charge in [0, 0.05) is 32.9 Å². The van der Waals surface area contributed by atoms with Crippen LogP contribution in [0.25, 0.3) is 0 Å². The summed E-state index contributed by atoms with van der Waals surface area (Å²) in [6, 6.07) is 7.74. The van der Waals surface area contributed by atoms with Crippen LogP contribution in [0.3, 0.4) is 0 Å². The van der Waals surface area contributed by atoms with Gasteiger partial charge in [0.05, 0.1) is 0 Å². The quantitative estimate of drug-likeness (QED) is 0.396. The molecule has 6 nitrogen and oxygen atoms in total. The van der Waals surface area contributed by atoms with Crippen molar-refractivity contribution < 1.29 is 9.53 Å². The van der Waals surface area contributed by atoms with Gasteiger partial charge in [-0.25, -0.2) is 0 Å². The van der Waals surface area contributed by atoms with Crippen LogP contribution >= 0.6 is 24.0 Å². The van der Waals surface area contributed by atoms with Crippen molar-refractivity contribution in [3.63, 3.8) is 0 Å². The number of amides is 1. The van der Waals surface area contributed by atoms with Crippen molar-refractivity contribution in [2.45, 2.75) is 25.5 Å². The SMILES string of the molecule is CN=C(NC)NCc1cccc(NC(=O)C2CCCO2)c1.I. The van der Waals surface area contributed by atoms with E-state index < -0.39 is 0 Å². The predicted octanol–water partition coefficient (Wildman–Crippen LogP) is 1.72. The minimum Gasteiger partial charge on any atom is -0.368 e. The minimum atomic E-state index is -0.310. The highest BCUT2D eigenvalue weighted by Crippen LogP contribution is 2.16. The molecule has 0 saturated carbocycles. The van der Waals surface area contributed by atoms with Gasteiger partial charge in [-0.2, -0.15) is 0 Å². The number of hydrogen-bond donors (Lipinski definition) is 3. The van der Waals surface area contributed by atoms with Gasteiger partial charge in [-0.3, -0.25) is 9.79 Å². The van der Waals surface area contributed by atoms with Gasteiger partial charge in [0.15, 0.2) is 5.96 Å². The second kappa shape index (κ2) is 9.62. The lowest BCUT2D eigenvalue weighted by Crippen LogP contribution is -2.34. The van der Waals surface area contributed by atoms with E-state index in [2.05, 4.69) is 20.9 Å². The van der Waals surface area contributed by atoms with E-state index in [1.807, 2.05) is 31.3 Å². The summed E-state index contributed by atoms with van der Waals surface area (Å²) in [5.41, 5.74) is 1.85. The van der Waals surface area contributed by atoms with E-state index in [0.717, 1.165) is 30.1 Å². The first-order valence-corrected chi connectivity index (χ1v) is 7.12. The van der Waals surface area contributed by atoms with Gasteiger partial charge >= 0.3 is 0 Å². The fourth-order valence-electron chi connectivity index (χ4n) is 2.23. The van der Waals surface area contributed by atoms with Crippen LogP contribution in [0.5, 0.6) is 0 Å². The number of carbonyl (C=O) groups excluding carboxylic acids is 1. The number of hydrogen-bond acceptors (Lipinski definition) is 3. The lowest BCUT2D eigenvalue weighted by Gasteiger charge is -2.12. The standard InChI is InChI=1S/C15H22N4O2.HI/c1-16-15(17-2)18-10-11-5-3-6-12(9-11)19-14(20)13-7-4-8-21-13;/h3,5-6,9,13H,4,7-8,10H2,1-2H3,(H,19,20)(H2,16,17,18);1H. The van der Waals surface area contributed by atoms with Gasteiger partial charge in [0.2, 0.25) is 0 Å². The van der Waals surface area contributed by atoms with Gasteiger partial charge in [-0.05, 0) is 30.5 Å². The zero-order valence-electron chi connectivity index (χ0n) is 12.9. The zero-order chi connectivity index (χ0) is 15.1. The van der Waals surface area contributed by atoms with Crippen LogP contribution < -0.4 is 16.0 Å². The van der Waals surface area contributed by atoms with Crippen molar-refractivity contribution in [2.75, 3.05) is 26.0 Å². The number of guanidine groups is 1. The molecule has 1 aliphatic rings. The van der Waals surface area contributed by atoms with Crippen molar-refractivity contribution in [3.05, 3.63) is 29.8 Å². The van der Waals surface area contributed by atoms with Gasteiger partial charge in [0.1, 0.15) is 6.10 Å². The third kappa shape index (κ3) is 5.45. The fourth-order valence-corrected chi connectivity index (χ4v) is 2.23. The van der Waals surface area contributed by atoms with Crippen LogP contribution in [0, 0.1) is 0 Å². The Labute approximate surface area is 148 Å². The molecule has 0 aliphatic carbocycles. The predicted molar refractivity (Wildman–Crippen MR) is 98.7 cm³/mol. The first kappa shape index (κ1) is 18.7. The number of nitrogens with zero attached hydrogens (tertiary/aromatic N) is 1. The zero-order valence-corrected chi connectivity index (χ0v) is 15.2. The first-order valence-electron chi connectivity index (χ1n) is 7.12. The number of rotatable bonds is 4. The number of carbonyl (C=O) groups is 1. The van der Waals surface area contributed by atoms with E-state index in [1.165, 1.54) is 0 Å². The third-order valence-electron chi connectivity index (χ3n) is 3.34. The number of anilines is 1. The molecule has 22 heavy (non-hydrogen) atoms. The Bertz CT molecular complexity index is 516. The van der Waals surface area contributed by atoms with Crippen LogP contribution in [0.4, 0.5) is 5.69 Å².